The Hall–Kier alpha value is -3.64. The summed E-state index contributed by atoms with van der Waals surface area (Å²) in [5, 5.41) is 24.1. The molecule has 34 heavy (non-hydrogen) atoms. The first-order valence-corrected chi connectivity index (χ1v) is 11.6. The first kappa shape index (κ1) is 22.2. The number of nitrogens with zero attached hydrogens (tertiary/aromatic N) is 6. The number of rotatable bonds is 8. The smallest absolute Gasteiger partial charge is 0.269 e. The van der Waals surface area contributed by atoms with Gasteiger partial charge < -0.3 is 9.26 Å². The molecule has 10 nitrogen and oxygen atoms in total. The maximum absolute atomic E-state index is 13.4. The predicted molar refractivity (Wildman–Crippen MR) is 120 cm³/mol. The maximum atomic E-state index is 13.4. The van der Waals surface area contributed by atoms with Crippen LogP contribution in [0.2, 0.25) is 0 Å². The van der Waals surface area contributed by atoms with Gasteiger partial charge in [0.2, 0.25) is 11.7 Å². The van der Waals surface area contributed by atoms with Crippen molar-refractivity contribution in [1.29, 1.82) is 0 Å². The number of nitro benzene ring substituents is 1. The number of thioether (sulfide) groups is 1. The van der Waals surface area contributed by atoms with Gasteiger partial charge in [-0.25, -0.2) is 4.39 Å². The minimum atomic E-state index is -0.463. The molecule has 1 aliphatic heterocycles. The summed E-state index contributed by atoms with van der Waals surface area (Å²) in [5.74, 6) is 1.40. The second-order valence-electron chi connectivity index (χ2n) is 7.66. The van der Waals surface area contributed by atoms with E-state index in [1.165, 1.54) is 36.0 Å². The van der Waals surface area contributed by atoms with Gasteiger partial charge in [0.05, 0.1) is 23.3 Å². The number of hydrogen-bond acceptors (Lipinski definition) is 9. The van der Waals surface area contributed by atoms with Crippen molar-refractivity contribution in [3.8, 4) is 22.8 Å². The van der Waals surface area contributed by atoms with E-state index in [-0.39, 0.29) is 17.6 Å². The quantitative estimate of drug-likeness (QED) is 0.203. The molecular formula is C22H19FN6O4S. The van der Waals surface area contributed by atoms with Gasteiger partial charge in [-0.05, 0) is 49.2 Å². The number of nitro groups is 1. The van der Waals surface area contributed by atoms with Gasteiger partial charge in [-0.2, -0.15) is 4.98 Å². The van der Waals surface area contributed by atoms with Crippen LogP contribution in [0.3, 0.4) is 0 Å². The first-order valence-electron chi connectivity index (χ1n) is 10.6. The molecule has 0 radical (unpaired) electrons. The molecule has 1 fully saturated rings. The Morgan fingerprint density at radius 3 is 2.59 bits per heavy atom. The van der Waals surface area contributed by atoms with Crippen LogP contribution in [0.5, 0.6) is 0 Å². The van der Waals surface area contributed by atoms with Gasteiger partial charge in [-0.3, -0.25) is 14.7 Å². The standard InChI is InChI=1S/C22H19FN6O4S/c23-16-7-3-15(4-8-16)21-25-26-22(28(21)12-18-2-1-11-32-18)34-13-19-24-20(27-33-19)14-5-9-17(10-6-14)29(30)31/h3-10,18H,1-2,11-13H2. The fourth-order valence-corrected chi connectivity index (χ4v) is 4.44. The van der Waals surface area contributed by atoms with Crippen LogP contribution in [0.4, 0.5) is 10.1 Å². The van der Waals surface area contributed by atoms with Crippen molar-refractivity contribution < 1.29 is 18.6 Å². The molecule has 2 aromatic heterocycles. The summed E-state index contributed by atoms with van der Waals surface area (Å²) in [5.41, 5.74) is 1.37. The lowest BCUT2D eigenvalue weighted by Gasteiger charge is -2.14. The second-order valence-corrected chi connectivity index (χ2v) is 8.61. The van der Waals surface area contributed by atoms with Crippen molar-refractivity contribution in [1.82, 2.24) is 24.9 Å². The van der Waals surface area contributed by atoms with Gasteiger partial charge in [0.15, 0.2) is 11.0 Å². The highest BCUT2D eigenvalue weighted by Gasteiger charge is 2.22. The van der Waals surface area contributed by atoms with Crippen LogP contribution in [-0.4, -0.2) is 42.5 Å². The second kappa shape index (κ2) is 9.69. The van der Waals surface area contributed by atoms with Crippen LogP contribution in [0, 0.1) is 15.9 Å². The number of non-ortho nitro benzene ring substituents is 1. The third kappa shape index (κ3) is 4.82. The number of aromatic nitrogens is 5. The summed E-state index contributed by atoms with van der Waals surface area (Å²) in [4.78, 5) is 14.8. The zero-order valence-corrected chi connectivity index (χ0v) is 18.7. The van der Waals surface area contributed by atoms with Gasteiger partial charge >= 0.3 is 0 Å². The van der Waals surface area contributed by atoms with Gasteiger partial charge in [0, 0.05) is 29.9 Å². The number of halogens is 1. The molecule has 0 aliphatic carbocycles. The molecule has 0 N–H and O–H groups in total. The average Bonchev–Trinajstić information content (AvgIpc) is 3.61. The molecule has 1 saturated heterocycles. The molecule has 0 saturated carbocycles. The third-order valence-corrected chi connectivity index (χ3v) is 6.31. The lowest BCUT2D eigenvalue weighted by molar-refractivity contribution is -0.384. The first-order chi connectivity index (χ1) is 16.6. The molecule has 5 rings (SSSR count). The maximum Gasteiger partial charge on any atom is 0.269 e. The SMILES string of the molecule is O=[N+]([O-])c1ccc(-c2noc(CSc3nnc(-c4ccc(F)cc4)n3CC3CCCO3)n2)cc1. The Morgan fingerprint density at radius 1 is 1.12 bits per heavy atom. The van der Waals surface area contributed by atoms with Gasteiger partial charge in [-0.1, -0.05) is 16.9 Å². The summed E-state index contributed by atoms with van der Waals surface area (Å²) >= 11 is 1.39. The Kier molecular flexibility index (Phi) is 6.32. The highest BCUT2D eigenvalue weighted by Crippen LogP contribution is 2.29. The molecular weight excluding hydrogens is 463 g/mol. The van der Waals surface area contributed by atoms with Crippen LogP contribution in [0.1, 0.15) is 18.7 Å². The molecule has 3 heterocycles. The Balaban J connectivity index is 1.34. The third-order valence-electron chi connectivity index (χ3n) is 5.36. The minimum Gasteiger partial charge on any atom is -0.376 e. The zero-order valence-electron chi connectivity index (χ0n) is 17.8. The fourth-order valence-electron chi connectivity index (χ4n) is 3.65. The number of benzene rings is 2. The molecule has 12 heteroatoms. The summed E-state index contributed by atoms with van der Waals surface area (Å²) in [6.45, 7) is 1.31. The van der Waals surface area contributed by atoms with Crippen molar-refractivity contribution in [2.24, 2.45) is 0 Å². The van der Waals surface area contributed by atoms with Gasteiger partial charge in [0.25, 0.3) is 5.69 Å². The summed E-state index contributed by atoms with van der Waals surface area (Å²) < 4.78 is 26.5. The lowest BCUT2D eigenvalue weighted by atomic mass is 10.2. The van der Waals surface area contributed by atoms with Crippen molar-refractivity contribution in [3.63, 3.8) is 0 Å². The summed E-state index contributed by atoms with van der Waals surface area (Å²) in [6, 6.07) is 12.1. The normalized spacial score (nSPS) is 15.6. The highest BCUT2D eigenvalue weighted by atomic mass is 32.2. The van der Waals surface area contributed by atoms with E-state index in [9.17, 15) is 14.5 Å². The summed E-state index contributed by atoms with van der Waals surface area (Å²) in [7, 11) is 0. The van der Waals surface area contributed by atoms with E-state index < -0.39 is 4.92 Å². The van der Waals surface area contributed by atoms with Crippen molar-refractivity contribution in [2.45, 2.75) is 36.4 Å². The molecule has 1 atom stereocenters. The number of ether oxygens (including phenoxy) is 1. The van der Waals surface area contributed by atoms with Crippen LogP contribution in [-0.2, 0) is 17.0 Å². The highest BCUT2D eigenvalue weighted by molar-refractivity contribution is 7.98. The van der Waals surface area contributed by atoms with E-state index >= 15 is 0 Å². The molecule has 4 aromatic rings. The Bertz CT molecular complexity index is 1290. The molecule has 0 amide bonds. The van der Waals surface area contributed by atoms with Crippen LogP contribution in [0.15, 0.2) is 58.2 Å². The van der Waals surface area contributed by atoms with E-state index in [2.05, 4.69) is 20.3 Å². The number of hydrogen-bond donors (Lipinski definition) is 0. The van der Waals surface area contributed by atoms with E-state index in [1.54, 1.807) is 24.3 Å². The Morgan fingerprint density at radius 2 is 1.88 bits per heavy atom. The predicted octanol–water partition coefficient (Wildman–Crippen LogP) is 4.51. The van der Waals surface area contributed by atoms with Crippen molar-refractivity contribution >= 4 is 17.4 Å². The van der Waals surface area contributed by atoms with E-state index in [4.69, 9.17) is 9.26 Å². The topological polar surface area (TPSA) is 122 Å². The minimum absolute atomic E-state index is 0.00874. The molecule has 1 aliphatic rings. The molecule has 174 valence electrons. The molecule has 1 unspecified atom stereocenters. The van der Waals surface area contributed by atoms with E-state index in [1.807, 2.05) is 4.57 Å². The average molecular weight is 482 g/mol. The lowest BCUT2D eigenvalue weighted by Crippen LogP contribution is -2.16. The van der Waals surface area contributed by atoms with Crippen LogP contribution >= 0.6 is 11.8 Å². The van der Waals surface area contributed by atoms with Crippen LogP contribution in [0.25, 0.3) is 22.8 Å². The summed E-state index contributed by atoms with van der Waals surface area (Å²) in [6.07, 6.45) is 2.02. The van der Waals surface area contributed by atoms with E-state index in [0.29, 0.717) is 40.6 Å². The van der Waals surface area contributed by atoms with Crippen molar-refractivity contribution in [2.75, 3.05) is 6.61 Å². The van der Waals surface area contributed by atoms with Gasteiger partial charge in [0.1, 0.15) is 5.82 Å². The fraction of sp³-hybridized carbons (Fsp3) is 0.273. The molecule has 0 bridgehead atoms. The van der Waals surface area contributed by atoms with Gasteiger partial charge in [-0.15, -0.1) is 10.2 Å². The largest absolute Gasteiger partial charge is 0.376 e. The van der Waals surface area contributed by atoms with Crippen molar-refractivity contribution in [3.05, 3.63) is 70.4 Å². The molecule has 0 spiro atoms. The Labute approximate surface area is 197 Å². The van der Waals surface area contributed by atoms with Crippen LogP contribution < -0.4 is 0 Å². The zero-order chi connectivity index (χ0) is 23.5. The monoisotopic (exact) mass is 482 g/mol. The van der Waals surface area contributed by atoms with E-state index in [0.717, 1.165) is 25.0 Å². The molecule has 2 aromatic carbocycles.